The molecule has 0 spiro atoms. The van der Waals surface area contributed by atoms with Crippen LogP contribution in [0.2, 0.25) is 0 Å². The van der Waals surface area contributed by atoms with Crippen LogP contribution >= 0.6 is 0 Å². The Labute approximate surface area is 225 Å². The van der Waals surface area contributed by atoms with E-state index in [4.69, 9.17) is 11.5 Å². The fraction of sp³-hybridized carbons (Fsp3) is 0.586. The summed E-state index contributed by atoms with van der Waals surface area (Å²) in [6.45, 7) is 6.94. The number of nitrogens with zero attached hydrogens (tertiary/aromatic N) is 3. The molecule has 0 bridgehead atoms. The van der Waals surface area contributed by atoms with Crippen LogP contribution in [-0.2, 0) is 9.59 Å². The molecule has 0 radical (unpaired) electrons. The van der Waals surface area contributed by atoms with Gasteiger partial charge in [-0.25, -0.2) is 4.99 Å². The van der Waals surface area contributed by atoms with Crippen LogP contribution in [-0.4, -0.2) is 39.8 Å². The largest absolute Gasteiger partial charge is 0.428 e. The summed E-state index contributed by atoms with van der Waals surface area (Å²) in [5, 5.41) is 13.2. The third-order valence-corrected chi connectivity index (χ3v) is 7.87. The lowest BCUT2D eigenvalue weighted by molar-refractivity contribution is -0.123. The number of anilines is 1. The van der Waals surface area contributed by atoms with Gasteiger partial charge in [0.25, 0.3) is 0 Å². The number of carbonyl (C=O) groups excluding carboxylic acids is 2. The number of carbonyl (C=O) groups is 2. The number of hydrogen-bond donors (Lipinski definition) is 4. The van der Waals surface area contributed by atoms with Crippen LogP contribution in [0.4, 0.5) is 5.69 Å². The van der Waals surface area contributed by atoms with E-state index in [1.54, 1.807) is 32.2 Å². The van der Waals surface area contributed by atoms with Crippen molar-refractivity contribution < 1.29 is 14.8 Å². The maximum atomic E-state index is 12.2. The fourth-order valence-electron chi connectivity index (χ4n) is 5.33. The second-order valence-corrected chi connectivity index (χ2v) is 10.8. The number of pyridine rings is 2. The first-order valence-electron chi connectivity index (χ1n) is 13.8. The Morgan fingerprint density at radius 2 is 1.45 bits per heavy atom. The second-order valence-electron chi connectivity index (χ2n) is 10.8. The Morgan fingerprint density at radius 3 is 1.95 bits per heavy atom. The van der Waals surface area contributed by atoms with Gasteiger partial charge in [-0.05, 0) is 121 Å². The SMILES string of the molecule is Cc1cc(=NC(=O)C2CCC(CN)CC2)cc(C)n1O.Cc1cc(NC(=O)C2CCC(CN)CC2)ccn1. The fourth-order valence-corrected chi connectivity index (χ4v) is 5.33. The van der Waals surface area contributed by atoms with Crippen LogP contribution in [0.1, 0.15) is 68.4 Å². The van der Waals surface area contributed by atoms with E-state index in [9.17, 15) is 14.8 Å². The van der Waals surface area contributed by atoms with E-state index in [2.05, 4.69) is 15.3 Å². The Balaban J connectivity index is 0.000000212. The lowest BCUT2D eigenvalue weighted by atomic mass is 9.81. The average molecular weight is 525 g/mol. The van der Waals surface area contributed by atoms with Gasteiger partial charge in [-0.1, -0.05) is 0 Å². The molecule has 6 N–H and O–H groups in total. The minimum Gasteiger partial charge on any atom is -0.428 e. The number of aromatic nitrogens is 2. The zero-order chi connectivity index (χ0) is 27.7. The summed E-state index contributed by atoms with van der Waals surface area (Å²) in [4.78, 5) is 32.6. The van der Waals surface area contributed by atoms with Crippen LogP contribution in [0.25, 0.3) is 0 Å². The zero-order valence-electron chi connectivity index (χ0n) is 23.0. The van der Waals surface area contributed by atoms with E-state index in [0.717, 1.165) is 74.0 Å². The molecule has 0 aliphatic heterocycles. The molecule has 208 valence electrons. The minimum atomic E-state index is -0.0463. The maximum absolute atomic E-state index is 12.2. The zero-order valence-corrected chi connectivity index (χ0v) is 23.0. The molecular formula is C29H44N6O3. The van der Waals surface area contributed by atoms with Crippen molar-refractivity contribution in [3.05, 3.63) is 52.9 Å². The van der Waals surface area contributed by atoms with E-state index >= 15 is 0 Å². The van der Waals surface area contributed by atoms with E-state index in [0.29, 0.717) is 35.1 Å². The first kappa shape index (κ1) is 29.5. The molecule has 0 aromatic carbocycles. The number of nitrogens with one attached hydrogen (secondary N) is 1. The summed E-state index contributed by atoms with van der Waals surface area (Å²) >= 11 is 0. The topological polar surface area (TPSA) is 149 Å². The van der Waals surface area contributed by atoms with Crippen LogP contribution in [0.5, 0.6) is 0 Å². The molecule has 9 heteroatoms. The highest BCUT2D eigenvalue weighted by molar-refractivity contribution is 5.92. The van der Waals surface area contributed by atoms with Crippen molar-refractivity contribution in [1.29, 1.82) is 0 Å². The molecule has 2 aromatic heterocycles. The highest BCUT2D eigenvalue weighted by atomic mass is 16.5. The average Bonchev–Trinajstić information content (AvgIpc) is 2.92. The lowest BCUT2D eigenvalue weighted by Crippen LogP contribution is -2.29. The van der Waals surface area contributed by atoms with Gasteiger partial charge in [0.15, 0.2) is 0 Å². The lowest BCUT2D eigenvalue weighted by Gasteiger charge is -2.26. The summed E-state index contributed by atoms with van der Waals surface area (Å²) in [7, 11) is 0. The number of amides is 2. The molecule has 2 saturated carbocycles. The van der Waals surface area contributed by atoms with Gasteiger partial charge in [0, 0.05) is 29.4 Å². The summed E-state index contributed by atoms with van der Waals surface area (Å²) < 4.78 is 1.09. The molecule has 2 aliphatic rings. The number of nitrogens with two attached hydrogens (primary N) is 2. The van der Waals surface area contributed by atoms with Crippen LogP contribution < -0.4 is 22.1 Å². The molecule has 38 heavy (non-hydrogen) atoms. The molecule has 2 amide bonds. The monoisotopic (exact) mass is 524 g/mol. The smallest absolute Gasteiger partial charge is 0.249 e. The van der Waals surface area contributed by atoms with Crippen molar-refractivity contribution in [2.24, 2.45) is 40.1 Å². The van der Waals surface area contributed by atoms with Gasteiger partial charge in [-0.2, -0.15) is 4.73 Å². The van der Waals surface area contributed by atoms with Crippen molar-refractivity contribution in [1.82, 2.24) is 9.71 Å². The minimum absolute atomic E-state index is 0.0277. The van der Waals surface area contributed by atoms with Crippen LogP contribution in [0.15, 0.2) is 35.5 Å². The summed E-state index contributed by atoms with van der Waals surface area (Å²) in [6, 6.07) is 7.16. The maximum Gasteiger partial charge on any atom is 0.249 e. The first-order chi connectivity index (χ1) is 18.2. The van der Waals surface area contributed by atoms with Crippen molar-refractivity contribution in [3.8, 4) is 0 Å². The third-order valence-electron chi connectivity index (χ3n) is 7.87. The van der Waals surface area contributed by atoms with E-state index in [1.165, 1.54) is 0 Å². The first-order valence-corrected chi connectivity index (χ1v) is 13.8. The Hall–Kier alpha value is -3.04. The third kappa shape index (κ3) is 8.49. The molecule has 9 nitrogen and oxygen atoms in total. The Bertz CT molecular complexity index is 1120. The molecule has 2 heterocycles. The number of hydrogen-bond acceptors (Lipinski definition) is 6. The van der Waals surface area contributed by atoms with Crippen LogP contribution in [0.3, 0.4) is 0 Å². The molecule has 2 fully saturated rings. The van der Waals surface area contributed by atoms with Gasteiger partial charge >= 0.3 is 0 Å². The van der Waals surface area contributed by atoms with Gasteiger partial charge in [-0.15, -0.1) is 0 Å². The quantitative estimate of drug-likeness (QED) is 0.439. The predicted octanol–water partition coefficient (Wildman–Crippen LogP) is 3.63. The molecular weight excluding hydrogens is 480 g/mol. The van der Waals surface area contributed by atoms with E-state index in [1.807, 2.05) is 19.1 Å². The number of aryl methyl sites for hydroxylation is 3. The number of rotatable bonds is 5. The van der Waals surface area contributed by atoms with E-state index < -0.39 is 0 Å². The highest BCUT2D eigenvalue weighted by Crippen LogP contribution is 2.29. The van der Waals surface area contributed by atoms with Crippen molar-refractivity contribution in [2.45, 2.75) is 72.1 Å². The predicted molar refractivity (Wildman–Crippen MR) is 148 cm³/mol. The molecule has 2 aromatic rings. The molecule has 0 atom stereocenters. The second kappa shape index (κ2) is 14.2. The molecule has 0 saturated heterocycles. The van der Waals surface area contributed by atoms with Gasteiger partial charge in [0.05, 0.1) is 16.7 Å². The van der Waals surface area contributed by atoms with Gasteiger partial charge in [-0.3, -0.25) is 14.6 Å². The van der Waals surface area contributed by atoms with Crippen molar-refractivity contribution in [2.75, 3.05) is 18.4 Å². The Morgan fingerprint density at radius 1 is 0.921 bits per heavy atom. The van der Waals surface area contributed by atoms with Gasteiger partial charge < -0.3 is 22.0 Å². The van der Waals surface area contributed by atoms with Gasteiger partial charge in [0.2, 0.25) is 11.8 Å². The summed E-state index contributed by atoms with van der Waals surface area (Å²) in [6.07, 6.45) is 9.58. The Kier molecular flexibility index (Phi) is 11.0. The summed E-state index contributed by atoms with van der Waals surface area (Å²) in [5.74, 6) is 1.43. The molecule has 0 unspecified atom stereocenters. The standard InChI is InChI=1S/C15H23N3O2.C14H21N3O/c1-10-7-14(8-11(2)18(10)20)17-15(19)13-5-3-12(9-16)4-6-13;1-10-8-13(6-7-16-10)17-14(18)12-4-2-11(9-15)3-5-12/h7-8,12-13,20H,3-6,9,16H2,1-2H3;6-8,11-12H,2-5,9,15H2,1H3,(H,16,17,18). The highest BCUT2D eigenvalue weighted by Gasteiger charge is 2.26. The molecule has 2 aliphatic carbocycles. The summed E-state index contributed by atoms with van der Waals surface area (Å²) in [5.41, 5.74) is 14.4. The van der Waals surface area contributed by atoms with Crippen molar-refractivity contribution in [3.63, 3.8) is 0 Å². The van der Waals surface area contributed by atoms with Gasteiger partial charge in [0.1, 0.15) is 0 Å². The van der Waals surface area contributed by atoms with Crippen LogP contribution in [0, 0.1) is 44.4 Å². The molecule has 4 rings (SSSR count). The van der Waals surface area contributed by atoms with Crippen molar-refractivity contribution >= 4 is 17.5 Å². The normalized spacial score (nSPS) is 23.1. The van der Waals surface area contributed by atoms with E-state index in [-0.39, 0.29) is 23.7 Å².